The number of amides is 1. The third-order valence-electron chi connectivity index (χ3n) is 3.70. The summed E-state index contributed by atoms with van der Waals surface area (Å²) in [6.45, 7) is 0. The highest BCUT2D eigenvalue weighted by molar-refractivity contribution is 6.32. The molecule has 0 aliphatic heterocycles. The molecule has 0 bridgehead atoms. The Morgan fingerprint density at radius 3 is 2.42 bits per heavy atom. The van der Waals surface area contributed by atoms with E-state index in [1.165, 1.54) is 14.2 Å². The number of carbonyl (C=O) groups is 1. The molecule has 122 valence electrons. The van der Waals surface area contributed by atoms with Crippen molar-refractivity contribution < 1.29 is 14.3 Å². The molecule has 0 aromatic heterocycles. The van der Waals surface area contributed by atoms with Crippen LogP contribution in [0.25, 0.3) is 10.8 Å². The monoisotopic (exact) mass is 341 g/mol. The van der Waals surface area contributed by atoms with Crippen molar-refractivity contribution in [2.75, 3.05) is 19.5 Å². The van der Waals surface area contributed by atoms with Crippen molar-refractivity contribution in [2.24, 2.45) is 0 Å². The van der Waals surface area contributed by atoms with Gasteiger partial charge >= 0.3 is 0 Å². The molecule has 1 amide bonds. The first kappa shape index (κ1) is 16.1. The molecular formula is C19H16ClNO3. The van der Waals surface area contributed by atoms with E-state index in [-0.39, 0.29) is 5.91 Å². The van der Waals surface area contributed by atoms with Gasteiger partial charge in [-0.2, -0.15) is 0 Å². The first-order chi connectivity index (χ1) is 11.6. The first-order valence-corrected chi connectivity index (χ1v) is 7.72. The highest BCUT2D eigenvalue weighted by atomic mass is 35.5. The molecule has 0 fully saturated rings. The zero-order chi connectivity index (χ0) is 17.1. The van der Waals surface area contributed by atoms with E-state index >= 15 is 0 Å². The van der Waals surface area contributed by atoms with E-state index in [1.54, 1.807) is 12.1 Å². The lowest BCUT2D eigenvalue weighted by Crippen LogP contribution is -2.12. The molecule has 4 nitrogen and oxygen atoms in total. The van der Waals surface area contributed by atoms with Crippen LogP contribution in [0, 0.1) is 0 Å². The Balaban J connectivity index is 1.89. The van der Waals surface area contributed by atoms with E-state index in [0.29, 0.717) is 27.8 Å². The quantitative estimate of drug-likeness (QED) is 0.744. The van der Waals surface area contributed by atoms with Crippen molar-refractivity contribution in [3.8, 4) is 11.5 Å². The number of anilines is 1. The molecule has 0 spiro atoms. The number of hydrogen-bond acceptors (Lipinski definition) is 3. The van der Waals surface area contributed by atoms with Gasteiger partial charge in [0.2, 0.25) is 0 Å². The number of carbonyl (C=O) groups excluding carboxylic acids is 1. The second kappa shape index (κ2) is 6.81. The van der Waals surface area contributed by atoms with Crippen LogP contribution < -0.4 is 14.8 Å². The number of ether oxygens (including phenoxy) is 2. The topological polar surface area (TPSA) is 47.6 Å². The van der Waals surface area contributed by atoms with E-state index in [4.69, 9.17) is 21.1 Å². The second-order valence-electron chi connectivity index (χ2n) is 5.21. The molecule has 0 aliphatic carbocycles. The lowest BCUT2D eigenvalue weighted by atomic mass is 10.1. The van der Waals surface area contributed by atoms with Crippen LogP contribution in [0.4, 0.5) is 5.69 Å². The van der Waals surface area contributed by atoms with Gasteiger partial charge in [-0.25, -0.2) is 0 Å². The normalized spacial score (nSPS) is 10.5. The van der Waals surface area contributed by atoms with Gasteiger partial charge in [0.25, 0.3) is 5.91 Å². The number of hydrogen-bond donors (Lipinski definition) is 1. The summed E-state index contributed by atoms with van der Waals surface area (Å²) in [6, 6.07) is 16.9. The van der Waals surface area contributed by atoms with Gasteiger partial charge in [-0.3, -0.25) is 4.79 Å². The Bertz CT molecular complexity index is 908. The summed E-state index contributed by atoms with van der Waals surface area (Å²) in [6.07, 6.45) is 0. The van der Waals surface area contributed by atoms with E-state index in [9.17, 15) is 4.79 Å². The largest absolute Gasteiger partial charge is 0.493 e. The van der Waals surface area contributed by atoms with Gasteiger partial charge in [-0.05, 0) is 35.0 Å². The summed E-state index contributed by atoms with van der Waals surface area (Å²) in [4.78, 5) is 12.5. The Labute approximate surface area is 145 Å². The molecule has 3 aromatic rings. The van der Waals surface area contributed by atoms with Crippen LogP contribution in [0.15, 0.2) is 54.6 Å². The number of benzene rings is 3. The Hall–Kier alpha value is -2.72. The Morgan fingerprint density at radius 1 is 0.958 bits per heavy atom. The molecule has 0 saturated heterocycles. The van der Waals surface area contributed by atoms with Crippen molar-refractivity contribution in [1.29, 1.82) is 0 Å². The lowest BCUT2D eigenvalue weighted by molar-refractivity contribution is 0.102. The van der Waals surface area contributed by atoms with Gasteiger partial charge in [0.1, 0.15) is 0 Å². The fourth-order valence-electron chi connectivity index (χ4n) is 2.52. The maximum atomic E-state index is 12.5. The minimum Gasteiger partial charge on any atom is -0.493 e. The summed E-state index contributed by atoms with van der Waals surface area (Å²) in [5.74, 6) is 0.545. The molecule has 24 heavy (non-hydrogen) atoms. The molecule has 1 N–H and O–H groups in total. The lowest BCUT2D eigenvalue weighted by Gasteiger charge is -2.12. The molecule has 0 saturated carbocycles. The maximum Gasteiger partial charge on any atom is 0.255 e. The van der Waals surface area contributed by atoms with E-state index in [2.05, 4.69) is 5.32 Å². The van der Waals surface area contributed by atoms with Crippen molar-refractivity contribution in [3.63, 3.8) is 0 Å². The molecule has 3 aromatic carbocycles. The van der Waals surface area contributed by atoms with Crippen LogP contribution >= 0.6 is 11.6 Å². The molecular weight excluding hydrogens is 326 g/mol. The minimum atomic E-state index is -0.270. The SMILES string of the molecule is COc1cc(C(=O)Nc2ccc3ccccc3c2)cc(Cl)c1OC. The number of methoxy groups -OCH3 is 2. The molecule has 0 atom stereocenters. The fourth-order valence-corrected chi connectivity index (χ4v) is 2.81. The standard InChI is InChI=1S/C19H16ClNO3/c1-23-17-11-14(10-16(20)18(17)24-2)19(22)21-15-8-7-12-5-3-4-6-13(12)9-15/h3-11H,1-2H3,(H,21,22). The van der Waals surface area contributed by atoms with Gasteiger partial charge in [0.15, 0.2) is 11.5 Å². The van der Waals surface area contributed by atoms with Crippen LogP contribution in [0.5, 0.6) is 11.5 Å². The zero-order valence-corrected chi connectivity index (χ0v) is 14.1. The molecule has 0 radical (unpaired) electrons. The predicted octanol–water partition coefficient (Wildman–Crippen LogP) is 4.76. The van der Waals surface area contributed by atoms with E-state index in [1.807, 2.05) is 42.5 Å². The van der Waals surface area contributed by atoms with Crippen LogP contribution in [0.1, 0.15) is 10.4 Å². The summed E-state index contributed by atoms with van der Waals surface area (Å²) in [5.41, 5.74) is 1.11. The van der Waals surface area contributed by atoms with Crippen LogP contribution in [0.2, 0.25) is 5.02 Å². The summed E-state index contributed by atoms with van der Waals surface area (Å²) < 4.78 is 10.4. The van der Waals surface area contributed by atoms with Crippen molar-refractivity contribution in [1.82, 2.24) is 0 Å². The number of fused-ring (bicyclic) bond motifs is 1. The molecule has 5 heteroatoms. The van der Waals surface area contributed by atoms with Crippen molar-refractivity contribution in [3.05, 3.63) is 65.2 Å². The molecule has 3 rings (SSSR count). The average molecular weight is 342 g/mol. The van der Waals surface area contributed by atoms with Gasteiger partial charge in [-0.1, -0.05) is 41.9 Å². The second-order valence-corrected chi connectivity index (χ2v) is 5.62. The third kappa shape index (κ3) is 3.14. The van der Waals surface area contributed by atoms with Gasteiger partial charge in [-0.15, -0.1) is 0 Å². The zero-order valence-electron chi connectivity index (χ0n) is 13.3. The first-order valence-electron chi connectivity index (χ1n) is 7.34. The molecule has 0 unspecified atom stereocenters. The number of rotatable bonds is 4. The van der Waals surface area contributed by atoms with E-state index in [0.717, 1.165) is 10.8 Å². The van der Waals surface area contributed by atoms with Crippen LogP contribution in [0.3, 0.4) is 0 Å². The predicted molar refractivity (Wildman–Crippen MR) is 96.5 cm³/mol. The summed E-state index contributed by atoms with van der Waals surface area (Å²) in [7, 11) is 3.00. The molecule has 0 heterocycles. The smallest absolute Gasteiger partial charge is 0.255 e. The molecule has 0 aliphatic rings. The van der Waals surface area contributed by atoms with Crippen molar-refractivity contribution >= 4 is 34.0 Å². The van der Waals surface area contributed by atoms with Crippen LogP contribution in [-0.2, 0) is 0 Å². The highest BCUT2D eigenvalue weighted by Crippen LogP contribution is 2.36. The van der Waals surface area contributed by atoms with Gasteiger partial charge in [0, 0.05) is 11.3 Å². The summed E-state index contributed by atoms with van der Waals surface area (Å²) in [5, 5.41) is 5.36. The third-order valence-corrected chi connectivity index (χ3v) is 3.98. The Kier molecular flexibility index (Phi) is 4.58. The maximum absolute atomic E-state index is 12.5. The number of halogens is 1. The van der Waals surface area contributed by atoms with Gasteiger partial charge in [0.05, 0.1) is 19.2 Å². The van der Waals surface area contributed by atoms with Crippen molar-refractivity contribution in [2.45, 2.75) is 0 Å². The average Bonchev–Trinajstić information content (AvgIpc) is 2.60. The number of nitrogens with one attached hydrogen (secondary N) is 1. The summed E-state index contributed by atoms with van der Waals surface area (Å²) >= 11 is 6.15. The van der Waals surface area contributed by atoms with Crippen LogP contribution in [-0.4, -0.2) is 20.1 Å². The minimum absolute atomic E-state index is 0.270. The highest BCUT2D eigenvalue weighted by Gasteiger charge is 2.15. The Morgan fingerprint density at radius 2 is 1.71 bits per heavy atom. The van der Waals surface area contributed by atoms with E-state index < -0.39 is 0 Å². The fraction of sp³-hybridized carbons (Fsp3) is 0.105. The van der Waals surface area contributed by atoms with Gasteiger partial charge < -0.3 is 14.8 Å².